The summed E-state index contributed by atoms with van der Waals surface area (Å²) in [4.78, 5) is 4.48. The van der Waals surface area contributed by atoms with Crippen LogP contribution in [0.4, 0.5) is 5.95 Å². The van der Waals surface area contributed by atoms with Gasteiger partial charge in [-0.1, -0.05) is 12.1 Å². The van der Waals surface area contributed by atoms with E-state index in [4.69, 9.17) is 18.9 Å². The number of hydrogen-bond donors (Lipinski definition) is 1. The smallest absolute Gasteiger partial charge is 0.226 e. The molecule has 8 nitrogen and oxygen atoms in total. The molecule has 1 unspecified atom stereocenters. The van der Waals surface area contributed by atoms with Crippen molar-refractivity contribution < 1.29 is 18.9 Å². The number of benzene rings is 2. The van der Waals surface area contributed by atoms with Crippen molar-refractivity contribution in [3.05, 3.63) is 70.7 Å². The highest BCUT2D eigenvalue weighted by molar-refractivity contribution is 5.67. The molecule has 0 saturated carbocycles. The molecule has 0 bridgehead atoms. The molecular formula is C26H28N4O4. The maximum atomic E-state index is 5.58. The van der Waals surface area contributed by atoms with Crippen molar-refractivity contribution in [2.24, 2.45) is 0 Å². The highest BCUT2D eigenvalue weighted by Crippen LogP contribution is 2.45. The molecule has 176 valence electrons. The zero-order valence-electron chi connectivity index (χ0n) is 19.8. The molecule has 0 amide bonds. The van der Waals surface area contributed by atoms with Gasteiger partial charge in [-0.15, -0.1) is 0 Å². The van der Waals surface area contributed by atoms with Crippen LogP contribution in [0.1, 0.15) is 36.4 Å². The maximum absolute atomic E-state index is 5.58. The molecule has 0 fully saturated rings. The second-order valence-electron chi connectivity index (χ2n) is 8.21. The summed E-state index contributed by atoms with van der Waals surface area (Å²) in [7, 11) is 6.59. The number of ether oxygens (including phenoxy) is 4. The van der Waals surface area contributed by atoms with Crippen LogP contribution in [0.25, 0.3) is 6.08 Å². The second-order valence-corrected chi connectivity index (χ2v) is 8.21. The summed E-state index contributed by atoms with van der Waals surface area (Å²) in [5.74, 6) is 3.54. The Labute approximate surface area is 198 Å². The second kappa shape index (κ2) is 9.13. The van der Waals surface area contributed by atoms with Crippen LogP contribution in [-0.4, -0.2) is 43.2 Å². The number of hydrogen-bond acceptors (Lipinski definition) is 7. The Morgan fingerprint density at radius 3 is 2.32 bits per heavy atom. The third kappa shape index (κ3) is 3.75. The number of nitrogens with zero attached hydrogens (tertiary/aromatic N) is 3. The molecule has 1 N–H and O–H groups in total. The van der Waals surface area contributed by atoms with Crippen LogP contribution in [0.2, 0.25) is 0 Å². The lowest BCUT2D eigenvalue weighted by molar-refractivity contribution is 0.354. The lowest BCUT2D eigenvalue weighted by Gasteiger charge is -2.34. The van der Waals surface area contributed by atoms with Gasteiger partial charge in [-0.2, -0.15) is 10.1 Å². The highest BCUT2D eigenvalue weighted by Gasteiger charge is 2.34. The molecule has 3 aromatic rings. The van der Waals surface area contributed by atoms with Crippen LogP contribution in [0.3, 0.4) is 0 Å². The summed E-state index contributed by atoms with van der Waals surface area (Å²) in [6, 6.07) is 11.9. The highest BCUT2D eigenvalue weighted by atomic mass is 16.5. The fourth-order valence-electron chi connectivity index (χ4n) is 4.80. The molecule has 2 heterocycles. The number of fused-ring (bicyclic) bond motifs is 1. The number of allylic oxidation sites excluding steroid dienone is 2. The third-order valence-electron chi connectivity index (χ3n) is 6.39. The molecule has 1 aliphatic heterocycles. The Bertz CT molecular complexity index is 1280. The van der Waals surface area contributed by atoms with Gasteiger partial charge in [0.1, 0.15) is 12.4 Å². The van der Waals surface area contributed by atoms with Crippen LogP contribution in [0.5, 0.6) is 23.0 Å². The summed E-state index contributed by atoms with van der Waals surface area (Å²) in [6.07, 6.45) is 6.78. The van der Waals surface area contributed by atoms with Crippen LogP contribution in [-0.2, 0) is 0 Å². The van der Waals surface area contributed by atoms with E-state index in [2.05, 4.69) is 27.5 Å². The molecule has 2 aromatic carbocycles. The average molecular weight is 461 g/mol. The fraction of sp³-hybridized carbons (Fsp3) is 0.308. The predicted molar refractivity (Wildman–Crippen MR) is 130 cm³/mol. The molecule has 0 spiro atoms. The Morgan fingerprint density at radius 1 is 0.882 bits per heavy atom. The monoisotopic (exact) mass is 460 g/mol. The first-order valence-corrected chi connectivity index (χ1v) is 11.2. The largest absolute Gasteiger partial charge is 0.493 e. The van der Waals surface area contributed by atoms with E-state index in [1.807, 2.05) is 35.0 Å². The lowest BCUT2D eigenvalue weighted by Crippen LogP contribution is -2.28. The number of aromatic nitrogens is 3. The molecule has 0 radical (unpaired) electrons. The first-order chi connectivity index (χ1) is 16.7. The van der Waals surface area contributed by atoms with Gasteiger partial charge in [-0.05, 0) is 71.9 Å². The van der Waals surface area contributed by atoms with E-state index in [-0.39, 0.29) is 6.04 Å². The molecule has 2 aliphatic rings. The molecule has 1 aliphatic carbocycles. The van der Waals surface area contributed by atoms with E-state index < -0.39 is 0 Å². The SMILES string of the molecule is COc1ccc(/C=C2\CCCC3=C2Nc2ncnn2C3c2ccc(OC)c(OC)c2)cc1OC. The van der Waals surface area contributed by atoms with Crippen molar-refractivity contribution in [2.45, 2.75) is 25.3 Å². The summed E-state index contributed by atoms with van der Waals surface area (Å²) in [5, 5.41) is 8.08. The number of nitrogens with one attached hydrogen (secondary N) is 1. The lowest BCUT2D eigenvalue weighted by atomic mass is 9.83. The minimum atomic E-state index is -0.0809. The average Bonchev–Trinajstić information content (AvgIpc) is 3.35. The third-order valence-corrected chi connectivity index (χ3v) is 6.39. The van der Waals surface area contributed by atoms with Crippen molar-refractivity contribution >= 4 is 12.0 Å². The van der Waals surface area contributed by atoms with Crippen molar-refractivity contribution in [3.8, 4) is 23.0 Å². The zero-order chi connectivity index (χ0) is 23.7. The Balaban J connectivity index is 1.61. The van der Waals surface area contributed by atoms with Crippen molar-refractivity contribution in [2.75, 3.05) is 33.8 Å². The van der Waals surface area contributed by atoms with Crippen LogP contribution in [0.15, 0.2) is 59.6 Å². The van der Waals surface area contributed by atoms with Gasteiger partial charge in [0.05, 0.1) is 28.4 Å². The Hall–Kier alpha value is -3.94. The first kappa shape index (κ1) is 21.9. The predicted octanol–water partition coefficient (Wildman–Crippen LogP) is 4.85. The van der Waals surface area contributed by atoms with Crippen LogP contribution < -0.4 is 24.3 Å². The molecule has 0 saturated heterocycles. The van der Waals surface area contributed by atoms with Crippen molar-refractivity contribution in [1.29, 1.82) is 0 Å². The van der Waals surface area contributed by atoms with Crippen molar-refractivity contribution in [1.82, 2.24) is 14.8 Å². The summed E-state index contributed by atoms with van der Waals surface area (Å²) >= 11 is 0. The van der Waals surface area contributed by atoms with E-state index >= 15 is 0 Å². The minimum Gasteiger partial charge on any atom is -0.493 e. The number of anilines is 1. The van der Waals surface area contributed by atoms with Gasteiger partial charge in [0, 0.05) is 5.70 Å². The summed E-state index contributed by atoms with van der Waals surface area (Å²) in [5.41, 5.74) is 5.75. The minimum absolute atomic E-state index is 0.0809. The maximum Gasteiger partial charge on any atom is 0.226 e. The van der Waals surface area contributed by atoms with Crippen LogP contribution in [0, 0.1) is 0 Å². The van der Waals surface area contributed by atoms with E-state index in [1.54, 1.807) is 34.8 Å². The van der Waals surface area contributed by atoms with Gasteiger partial charge in [-0.25, -0.2) is 4.68 Å². The fourth-order valence-corrected chi connectivity index (χ4v) is 4.80. The molecule has 1 aromatic heterocycles. The van der Waals surface area contributed by atoms with Gasteiger partial charge in [-0.3, -0.25) is 0 Å². The Kier molecular flexibility index (Phi) is 5.88. The van der Waals surface area contributed by atoms with Gasteiger partial charge in [0.15, 0.2) is 23.0 Å². The normalized spacial score (nSPS) is 18.1. The van der Waals surface area contributed by atoms with Crippen molar-refractivity contribution in [3.63, 3.8) is 0 Å². The topological polar surface area (TPSA) is 79.7 Å². The number of methoxy groups -OCH3 is 4. The van der Waals surface area contributed by atoms with E-state index in [0.717, 1.165) is 42.0 Å². The van der Waals surface area contributed by atoms with E-state index in [9.17, 15) is 0 Å². The Morgan fingerprint density at radius 2 is 1.59 bits per heavy atom. The summed E-state index contributed by atoms with van der Waals surface area (Å²) < 4.78 is 23.9. The molecule has 34 heavy (non-hydrogen) atoms. The quantitative estimate of drug-likeness (QED) is 0.563. The molecular weight excluding hydrogens is 432 g/mol. The van der Waals surface area contributed by atoms with Gasteiger partial charge < -0.3 is 24.3 Å². The molecule has 5 rings (SSSR count). The molecule has 8 heteroatoms. The van der Waals surface area contributed by atoms with E-state index in [1.165, 1.54) is 11.1 Å². The standard InChI is InChI=1S/C26H28N4O4/c1-31-20-10-8-16(13-22(20)33-3)12-17-6-5-7-19-24(17)29-26-27-15-28-30(26)25(19)18-9-11-21(32-2)23(14-18)34-4/h8-15,25H,5-7H2,1-4H3,(H,27,28,29)/b17-12+. The summed E-state index contributed by atoms with van der Waals surface area (Å²) in [6.45, 7) is 0. The van der Waals surface area contributed by atoms with Crippen LogP contribution >= 0.6 is 0 Å². The van der Waals surface area contributed by atoms with Gasteiger partial charge in [0.25, 0.3) is 0 Å². The van der Waals surface area contributed by atoms with E-state index in [0.29, 0.717) is 23.0 Å². The molecule has 1 atom stereocenters. The number of rotatable bonds is 6. The zero-order valence-corrected chi connectivity index (χ0v) is 19.8. The van der Waals surface area contributed by atoms with Gasteiger partial charge >= 0.3 is 0 Å². The van der Waals surface area contributed by atoms with Gasteiger partial charge in [0.2, 0.25) is 5.95 Å². The first-order valence-electron chi connectivity index (χ1n) is 11.2.